The van der Waals surface area contributed by atoms with E-state index in [0.717, 1.165) is 5.56 Å². The predicted octanol–water partition coefficient (Wildman–Crippen LogP) is 2.30. The summed E-state index contributed by atoms with van der Waals surface area (Å²) in [6.07, 6.45) is 0.826. The number of Topliss-reactive ketones (excluding diaryl/α,β-unsaturated/α-hetero) is 1. The number of ketones is 1. The first-order valence-corrected chi connectivity index (χ1v) is 5.42. The van der Waals surface area contributed by atoms with Gasteiger partial charge in [0, 0.05) is 12.3 Å². The summed E-state index contributed by atoms with van der Waals surface area (Å²) < 4.78 is 0. The number of hydrogen-bond donors (Lipinski definition) is 1. The molecule has 1 aromatic rings. The molecule has 0 amide bonds. The van der Waals surface area contributed by atoms with Crippen molar-refractivity contribution >= 4 is 11.8 Å². The van der Waals surface area contributed by atoms with Gasteiger partial charge in [0.2, 0.25) is 0 Å². The highest BCUT2D eigenvalue weighted by atomic mass is 16.4. The van der Waals surface area contributed by atoms with Gasteiger partial charge in [-0.2, -0.15) is 0 Å². The highest BCUT2D eigenvalue weighted by molar-refractivity contribution is 5.84. The highest BCUT2D eigenvalue weighted by Crippen LogP contribution is 2.15. The van der Waals surface area contributed by atoms with Crippen LogP contribution in [0.25, 0.3) is 0 Å². The molecule has 86 valence electrons. The lowest BCUT2D eigenvalue weighted by atomic mass is 9.91. The van der Waals surface area contributed by atoms with Gasteiger partial charge in [-0.3, -0.25) is 9.59 Å². The molecule has 0 spiro atoms. The molecule has 0 aliphatic heterocycles. The van der Waals surface area contributed by atoms with Gasteiger partial charge in [0.05, 0.1) is 6.42 Å². The first-order chi connectivity index (χ1) is 7.63. The van der Waals surface area contributed by atoms with Gasteiger partial charge in [-0.15, -0.1) is 0 Å². The second-order valence-electron chi connectivity index (χ2n) is 3.80. The molecule has 0 radical (unpaired) electrons. The molecule has 1 N–H and O–H groups in total. The molecule has 0 heterocycles. The van der Waals surface area contributed by atoms with Gasteiger partial charge < -0.3 is 5.11 Å². The molecule has 3 heteroatoms. The van der Waals surface area contributed by atoms with Gasteiger partial charge in [-0.1, -0.05) is 37.3 Å². The molecular weight excluding hydrogens is 204 g/mol. The second-order valence-corrected chi connectivity index (χ2v) is 3.80. The summed E-state index contributed by atoms with van der Waals surface area (Å²) in [6.45, 7) is 1.77. The molecule has 0 saturated carbocycles. The zero-order valence-corrected chi connectivity index (χ0v) is 9.35. The van der Waals surface area contributed by atoms with Crippen LogP contribution in [0.3, 0.4) is 0 Å². The van der Waals surface area contributed by atoms with Crippen molar-refractivity contribution in [3.05, 3.63) is 35.9 Å². The summed E-state index contributed by atoms with van der Waals surface area (Å²) in [7, 11) is 0. The molecule has 0 saturated heterocycles. The summed E-state index contributed by atoms with van der Waals surface area (Å²) in [5.41, 5.74) is 1.01. The zero-order chi connectivity index (χ0) is 12.0. The van der Waals surface area contributed by atoms with Crippen LogP contribution >= 0.6 is 0 Å². The molecule has 1 atom stereocenters. The Morgan fingerprint density at radius 3 is 2.38 bits per heavy atom. The monoisotopic (exact) mass is 220 g/mol. The van der Waals surface area contributed by atoms with Crippen LogP contribution in [-0.4, -0.2) is 16.9 Å². The van der Waals surface area contributed by atoms with Gasteiger partial charge >= 0.3 is 5.97 Å². The smallest absolute Gasteiger partial charge is 0.304 e. The number of carboxylic acids is 1. The van der Waals surface area contributed by atoms with Crippen LogP contribution in [0.5, 0.6) is 0 Å². The minimum Gasteiger partial charge on any atom is -0.481 e. The largest absolute Gasteiger partial charge is 0.481 e. The number of carboxylic acid groups (broad SMARTS) is 1. The van der Waals surface area contributed by atoms with Gasteiger partial charge in [-0.25, -0.2) is 0 Å². The van der Waals surface area contributed by atoms with Crippen LogP contribution in [0, 0.1) is 5.92 Å². The number of aliphatic carboxylic acids is 1. The maximum absolute atomic E-state index is 11.6. The summed E-state index contributed by atoms with van der Waals surface area (Å²) >= 11 is 0. The van der Waals surface area contributed by atoms with Crippen LogP contribution in [0.1, 0.15) is 25.3 Å². The van der Waals surface area contributed by atoms with E-state index in [0.29, 0.717) is 12.8 Å². The van der Waals surface area contributed by atoms with E-state index in [1.54, 1.807) is 6.92 Å². The maximum atomic E-state index is 11.6. The molecule has 1 rings (SSSR count). The van der Waals surface area contributed by atoms with Crippen molar-refractivity contribution in [3.8, 4) is 0 Å². The van der Waals surface area contributed by atoms with E-state index in [4.69, 9.17) is 5.11 Å². The van der Waals surface area contributed by atoms with Gasteiger partial charge in [0.15, 0.2) is 0 Å². The first kappa shape index (κ1) is 12.4. The number of carbonyl (C=O) groups is 2. The van der Waals surface area contributed by atoms with Crippen molar-refractivity contribution in [2.75, 3.05) is 0 Å². The molecular formula is C13H16O3. The zero-order valence-electron chi connectivity index (χ0n) is 9.35. The Kier molecular flexibility index (Phi) is 4.70. The molecule has 16 heavy (non-hydrogen) atoms. The fourth-order valence-electron chi connectivity index (χ4n) is 1.70. The van der Waals surface area contributed by atoms with Crippen molar-refractivity contribution < 1.29 is 14.7 Å². The van der Waals surface area contributed by atoms with Crippen LogP contribution in [0.2, 0.25) is 0 Å². The third kappa shape index (κ3) is 3.85. The third-order valence-electron chi connectivity index (χ3n) is 2.55. The fraction of sp³-hybridized carbons (Fsp3) is 0.385. The van der Waals surface area contributed by atoms with E-state index < -0.39 is 11.9 Å². The van der Waals surface area contributed by atoms with Gasteiger partial charge in [-0.05, 0) is 12.0 Å². The Balaban J connectivity index is 2.70. The topological polar surface area (TPSA) is 54.4 Å². The Bertz CT molecular complexity index is 357. The fourth-order valence-corrected chi connectivity index (χ4v) is 1.70. The lowest BCUT2D eigenvalue weighted by Crippen LogP contribution is -2.20. The summed E-state index contributed by atoms with van der Waals surface area (Å²) in [4.78, 5) is 22.3. The quantitative estimate of drug-likeness (QED) is 0.800. The molecule has 3 nitrogen and oxygen atoms in total. The SMILES string of the molecule is CCC(=O)[C@@H](CC(=O)O)Cc1ccccc1. The molecule has 0 aliphatic carbocycles. The Morgan fingerprint density at radius 2 is 1.88 bits per heavy atom. The van der Waals surface area contributed by atoms with Gasteiger partial charge in [0.25, 0.3) is 0 Å². The predicted molar refractivity (Wildman–Crippen MR) is 61.2 cm³/mol. The van der Waals surface area contributed by atoms with E-state index in [2.05, 4.69) is 0 Å². The standard InChI is InChI=1S/C13H16O3/c1-2-12(14)11(9-13(15)16)8-10-6-4-3-5-7-10/h3-7,11H,2,8-9H2,1H3,(H,15,16)/t11-/m1/s1. The summed E-state index contributed by atoms with van der Waals surface area (Å²) in [5.74, 6) is -1.29. The second kappa shape index (κ2) is 6.05. The van der Waals surface area contributed by atoms with Crippen LogP contribution in [0.15, 0.2) is 30.3 Å². The van der Waals surface area contributed by atoms with E-state index in [1.165, 1.54) is 0 Å². The van der Waals surface area contributed by atoms with Crippen molar-refractivity contribution in [3.63, 3.8) is 0 Å². The number of rotatable bonds is 6. The lowest BCUT2D eigenvalue weighted by Gasteiger charge is -2.12. The van der Waals surface area contributed by atoms with E-state index in [9.17, 15) is 9.59 Å². The van der Waals surface area contributed by atoms with Crippen molar-refractivity contribution in [2.24, 2.45) is 5.92 Å². The van der Waals surface area contributed by atoms with Crippen molar-refractivity contribution in [1.29, 1.82) is 0 Å². The minimum atomic E-state index is -0.914. The van der Waals surface area contributed by atoms with Crippen LogP contribution < -0.4 is 0 Å². The van der Waals surface area contributed by atoms with Crippen molar-refractivity contribution in [2.45, 2.75) is 26.2 Å². The Labute approximate surface area is 95.1 Å². The minimum absolute atomic E-state index is 0.0197. The average Bonchev–Trinajstić information content (AvgIpc) is 2.28. The Morgan fingerprint density at radius 1 is 1.25 bits per heavy atom. The third-order valence-corrected chi connectivity index (χ3v) is 2.55. The summed E-state index contributed by atoms with van der Waals surface area (Å²) in [5, 5.41) is 8.75. The van der Waals surface area contributed by atoms with Crippen LogP contribution in [-0.2, 0) is 16.0 Å². The van der Waals surface area contributed by atoms with E-state index in [-0.39, 0.29) is 12.2 Å². The first-order valence-electron chi connectivity index (χ1n) is 5.42. The molecule has 1 aromatic carbocycles. The van der Waals surface area contributed by atoms with E-state index in [1.807, 2.05) is 30.3 Å². The highest BCUT2D eigenvalue weighted by Gasteiger charge is 2.20. The summed E-state index contributed by atoms with van der Waals surface area (Å²) in [6, 6.07) is 9.51. The molecule has 0 aliphatic rings. The van der Waals surface area contributed by atoms with Crippen molar-refractivity contribution in [1.82, 2.24) is 0 Å². The molecule has 0 fully saturated rings. The number of benzene rings is 1. The van der Waals surface area contributed by atoms with E-state index >= 15 is 0 Å². The normalized spacial score (nSPS) is 12.1. The lowest BCUT2D eigenvalue weighted by molar-refractivity contribution is -0.140. The molecule has 0 unspecified atom stereocenters. The number of hydrogen-bond acceptors (Lipinski definition) is 2. The number of carbonyl (C=O) groups excluding carboxylic acids is 1. The molecule has 0 aromatic heterocycles. The maximum Gasteiger partial charge on any atom is 0.304 e. The van der Waals surface area contributed by atoms with Crippen LogP contribution in [0.4, 0.5) is 0 Å². The van der Waals surface area contributed by atoms with Gasteiger partial charge in [0.1, 0.15) is 5.78 Å². The Hall–Kier alpha value is -1.64. The molecule has 0 bridgehead atoms. The average molecular weight is 220 g/mol.